The monoisotopic (exact) mass is 170 g/mol. The van der Waals surface area contributed by atoms with Crippen molar-refractivity contribution >= 4 is 11.3 Å². The Morgan fingerprint density at radius 1 is 1.36 bits per heavy atom. The van der Waals surface area contributed by atoms with Crippen LogP contribution in [0.25, 0.3) is 0 Å². The van der Waals surface area contributed by atoms with Crippen molar-refractivity contribution in [2.45, 2.75) is 6.42 Å². The lowest BCUT2D eigenvalue weighted by atomic mass is 10.3. The summed E-state index contributed by atoms with van der Waals surface area (Å²) < 4.78 is 1.05. The van der Waals surface area contributed by atoms with Crippen molar-refractivity contribution in [2.75, 3.05) is 27.7 Å². The molecule has 0 saturated carbocycles. The smallest absolute Gasteiger partial charge is 0.0829 e. The van der Waals surface area contributed by atoms with Gasteiger partial charge >= 0.3 is 0 Å². The number of nitrogens with zero attached hydrogens (tertiary/aromatic N) is 1. The predicted octanol–water partition coefficient (Wildman–Crippen LogP) is 2.00. The Morgan fingerprint density at radius 3 is 2.55 bits per heavy atom. The van der Waals surface area contributed by atoms with Gasteiger partial charge in [-0.15, -0.1) is 11.3 Å². The third kappa shape index (κ3) is 3.54. The van der Waals surface area contributed by atoms with Crippen LogP contribution in [-0.2, 0) is 6.42 Å². The van der Waals surface area contributed by atoms with E-state index >= 15 is 0 Å². The van der Waals surface area contributed by atoms with Gasteiger partial charge in [-0.3, -0.25) is 0 Å². The minimum Gasteiger partial charge on any atom is -0.331 e. The number of hydrogen-bond acceptors (Lipinski definition) is 1. The van der Waals surface area contributed by atoms with E-state index in [1.54, 1.807) is 0 Å². The molecule has 0 aromatic carbocycles. The SMILES string of the molecule is C[N+](C)(C)CCc1cccs1. The van der Waals surface area contributed by atoms with Gasteiger partial charge in [-0.05, 0) is 11.4 Å². The van der Waals surface area contributed by atoms with E-state index in [4.69, 9.17) is 0 Å². The van der Waals surface area contributed by atoms with E-state index in [0.29, 0.717) is 0 Å². The van der Waals surface area contributed by atoms with E-state index < -0.39 is 0 Å². The summed E-state index contributed by atoms with van der Waals surface area (Å²) in [4.78, 5) is 1.50. The molecule has 0 spiro atoms. The second kappa shape index (κ2) is 3.37. The summed E-state index contributed by atoms with van der Waals surface area (Å²) in [6.07, 6.45) is 1.21. The van der Waals surface area contributed by atoms with Gasteiger partial charge in [0.25, 0.3) is 0 Å². The van der Waals surface area contributed by atoms with Gasteiger partial charge in [0.1, 0.15) is 0 Å². The molecular weight excluding hydrogens is 154 g/mol. The maximum absolute atomic E-state index is 2.23. The molecular formula is C9H16NS+. The quantitative estimate of drug-likeness (QED) is 0.609. The van der Waals surface area contributed by atoms with E-state index in [2.05, 4.69) is 38.7 Å². The Labute approximate surface area is 72.9 Å². The zero-order chi connectivity index (χ0) is 8.32. The highest BCUT2D eigenvalue weighted by Gasteiger charge is 2.06. The van der Waals surface area contributed by atoms with Crippen LogP contribution in [0.15, 0.2) is 17.5 Å². The maximum Gasteiger partial charge on any atom is 0.0829 e. The Kier molecular flexibility index (Phi) is 2.68. The molecule has 0 aliphatic heterocycles. The van der Waals surface area contributed by atoms with Crippen LogP contribution in [0.5, 0.6) is 0 Å². The molecule has 0 unspecified atom stereocenters. The molecule has 1 rings (SSSR count). The van der Waals surface area contributed by atoms with Crippen molar-refractivity contribution < 1.29 is 4.48 Å². The van der Waals surface area contributed by atoms with Gasteiger partial charge in [0, 0.05) is 11.3 Å². The lowest BCUT2D eigenvalue weighted by molar-refractivity contribution is -0.870. The van der Waals surface area contributed by atoms with Crippen LogP contribution in [-0.4, -0.2) is 32.2 Å². The topological polar surface area (TPSA) is 0 Å². The van der Waals surface area contributed by atoms with Crippen LogP contribution in [0.1, 0.15) is 4.88 Å². The summed E-state index contributed by atoms with van der Waals surface area (Å²) in [5.74, 6) is 0. The Balaban J connectivity index is 2.35. The van der Waals surface area contributed by atoms with Gasteiger partial charge in [-0.25, -0.2) is 0 Å². The van der Waals surface area contributed by atoms with Crippen LogP contribution in [0, 0.1) is 0 Å². The van der Waals surface area contributed by atoms with Gasteiger partial charge in [-0.1, -0.05) is 6.07 Å². The Hall–Kier alpha value is -0.340. The average molecular weight is 170 g/mol. The molecule has 0 atom stereocenters. The molecule has 0 radical (unpaired) electrons. The van der Waals surface area contributed by atoms with Crippen molar-refractivity contribution in [3.05, 3.63) is 22.4 Å². The molecule has 0 saturated heterocycles. The normalized spacial score (nSPS) is 11.9. The van der Waals surface area contributed by atoms with Gasteiger partial charge in [0.2, 0.25) is 0 Å². The predicted molar refractivity (Wildman–Crippen MR) is 50.9 cm³/mol. The molecule has 1 heterocycles. The lowest BCUT2D eigenvalue weighted by Crippen LogP contribution is -2.36. The molecule has 11 heavy (non-hydrogen) atoms. The second-order valence-corrected chi connectivity index (χ2v) is 4.88. The average Bonchev–Trinajstić information content (AvgIpc) is 2.32. The first kappa shape index (κ1) is 8.75. The van der Waals surface area contributed by atoms with Crippen molar-refractivity contribution in [1.82, 2.24) is 0 Å². The van der Waals surface area contributed by atoms with Crippen LogP contribution < -0.4 is 0 Å². The van der Waals surface area contributed by atoms with E-state index in [1.165, 1.54) is 17.8 Å². The molecule has 62 valence electrons. The molecule has 0 fully saturated rings. The number of quaternary nitrogens is 1. The molecule has 0 N–H and O–H groups in total. The standard InChI is InChI=1S/C9H16NS/c1-10(2,3)7-6-9-5-4-8-11-9/h4-5,8H,6-7H2,1-3H3/q+1. The van der Waals surface area contributed by atoms with Crippen molar-refractivity contribution in [3.8, 4) is 0 Å². The van der Waals surface area contributed by atoms with Gasteiger partial charge in [0.15, 0.2) is 0 Å². The highest BCUT2D eigenvalue weighted by Crippen LogP contribution is 2.10. The number of likely N-dealkylation sites (N-methyl/N-ethyl adjacent to an activating group) is 1. The summed E-state index contributed by atoms with van der Waals surface area (Å²) in [6.45, 7) is 1.22. The van der Waals surface area contributed by atoms with Crippen molar-refractivity contribution in [3.63, 3.8) is 0 Å². The van der Waals surface area contributed by atoms with Crippen molar-refractivity contribution in [2.24, 2.45) is 0 Å². The molecule has 1 aromatic heterocycles. The second-order valence-electron chi connectivity index (χ2n) is 3.84. The fourth-order valence-electron chi connectivity index (χ4n) is 0.900. The van der Waals surface area contributed by atoms with E-state index in [9.17, 15) is 0 Å². The molecule has 0 aliphatic carbocycles. The fraction of sp³-hybridized carbons (Fsp3) is 0.556. The van der Waals surface area contributed by atoms with Gasteiger partial charge in [-0.2, -0.15) is 0 Å². The fourth-order valence-corrected chi connectivity index (χ4v) is 1.60. The summed E-state index contributed by atoms with van der Waals surface area (Å²) in [5.41, 5.74) is 0. The highest BCUT2D eigenvalue weighted by atomic mass is 32.1. The van der Waals surface area contributed by atoms with Crippen LogP contribution in [0.2, 0.25) is 0 Å². The zero-order valence-corrected chi connectivity index (χ0v) is 8.32. The first-order valence-corrected chi connectivity index (χ1v) is 4.79. The van der Waals surface area contributed by atoms with Gasteiger partial charge in [0.05, 0.1) is 27.7 Å². The maximum atomic E-state index is 2.23. The molecule has 1 nitrogen and oxygen atoms in total. The summed E-state index contributed by atoms with van der Waals surface area (Å²) in [5, 5.41) is 2.14. The third-order valence-corrected chi connectivity index (χ3v) is 2.55. The first-order valence-electron chi connectivity index (χ1n) is 3.91. The number of rotatable bonds is 3. The van der Waals surface area contributed by atoms with E-state index in [0.717, 1.165) is 4.48 Å². The lowest BCUT2D eigenvalue weighted by Gasteiger charge is -2.23. The van der Waals surface area contributed by atoms with Crippen molar-refractivity contribution in [1.29, 1.82) is 0 Å². The molecule has 0 amide bonds. The minimum absolute atomic E-state index is 1.05. The number of hydrogen-bond donors (Lipinski definition) is 0. The summed E-state index contributed by atoms with van der Waals surface area (Å²) in [7, 11) is 6.69. The number of thiophene rings is 1. The highest BCUT2D eigenvalue weighted by molar-refractivity contribution is 7.09. The molecule has 1 aromatic rings. The molecule has 0 bridgehead atoms. The minimum atomic E-state index is 1.05. The van der Waals surface area contributed by atoms with Crippen LogP contribution in [0.3, 0.4) is 0 Å². The first-order chi connectivity index (χ1) is 5.08. The Morgan fingerprint density at radius 2 is 2.09 bits per heavy atom. The Bertz CT molecular complexity index is 196. The zero-order valence-electron chi connectivity index (χ0n) is 7.50. The van der Waals surface area contributed by atoms with Crippen LogP contribution in [0.4, 0.5) is 0 Å². The summed E-state index contributed by atoms with van der Waals surface area (Å²) in [6, 6.07) is 4.33. The molecule has 2 heteroatoms. The van der Waals surface area contributed by atoms with E-state index in [-0.39, 0.29) is 0 Å². The largest absolute Gasteiger partial charge is 0.331 e. The summed E-state index contributed by atoms with van der Waals surface area (Å²) >= 11 is 1.85. The van der Waals surface area contributed by atoms with Gasteiger partial charge < -0.3 is 4.48 Å². The van der Waals surface area contributed by atoms with Crippen LogP contribution >= 0.6 is 11.3 Å². The third-order valence-electron chi connectivity index (χ3n) is 1.61. The molecule has 0 aliphatic rings. The van der Waals surface area contributed by atoms with E-state index in [1.807, 2.05) is 11.3 Å².